The number of hydrogen-bond donors (Lipinski definition) is 1. The molecule has 2 atom stereocenters. The highest BCUT2D eigenvalue weighted by atomic mass is 35.5. The predicted molar refractivity (Wildman–Crippen MR) is 85.2 cm³/mol. The van der Waals surface area contributed by atoms with Crippen LogP contribution in [-0.2, 0) is 0 Å². The third-order valence-electron chi connectivity index (χ3n) is 5.15. The number of piperidine rings is 2. The van der Waals surface area contributed by atoms with Crippen molar-refractivity contribution in [1.29, 1.82) is 0 Å². The van der Waals surface area contributed by atoms with E-state index in [4.69, 9.17) is 11.6 Å². The molecule has 110 valence electrons. The Morgan fingerprint density at radius 1 is 1.20 bits per heavy atom. The summed E-state index contributed by atoms with van der Waals surface area (Å²) in [6.07, 6.45) is 5.45. The summed E-state index contributed by atoms with van der Waals surface area (Å²) >= 11 is 6.00. The minimum atomic E-state index is 0.492. The molecule has 3 rings (SSSR count). The van der Waals surface area contributed by atoms with Crippen molar-refractivity contribution in [2.45, 2.75) is 38.6 Å². The van der Waals surface area contributed by atoms with Gasteiger partial charge in [0.15, 0.2) is 0 Å². The fourth-order valence-electron chi connectivity index (χ4n) is 3.91. The van der Waals surface area contributed by atoms with Crippen LogP contribution < -0.4 is 5.32 Å². The highest BCUT2D eigenvalue weighted by Gasteiger charge is 2.37. The molecule has 0 radical (unpaired) electrons. The first kappa shape index (κ1) is 14.4. The van der Waals surface area contributed by atoms with Gasteiger partial charge in [-0.2, -0.15) is 0 Å². The average molecular weight is 293 g/mol. The SMILES string of the molecule is CC(c1ccc(Cl)cc1)N1CCCC2(CCCNC2)C1. The molecule has 0 amide bonds. The van der Waals surface area contributed by atoms with Crippen LogP contribution in [0.25, 0.3) is 0 Å². The van der Waals surface area contributed by atoms with E-state index >= 15 is 0 Å². The van der Waals surface area contributed by atoms with E-state index < -0.39 is 0 Å². The summed E-state index contributed by atoms with van der Waals surface area (Å²) in [6, 6.07) is 8.86. The van der Waals surface area contributed by atoms with Crippen LogP contribution in [0.1, 0.15) is 44.2 Å². The Kier molecular flexibility index (Phi) is 4.34. The van der Waals surface area contributed by atoms with Crippen LogP contribution >= 0.6 is 11.6 Å². The first-order valence-corrected chi connectivity index (χ1v) is 8.27. The van der Waals surface area contributed by atoms with Crippen molar-refractivity contribution < 1.29 is 0 Å². The molecule has 20 heavy (non-hydrogen) atoms. The quantitative estimate of drug-likeness (QED) is 0.890. The molecule has 3 heteroatoms. The number of rotatable bonds is 2. The van der Waals surface area contributed by atoms with E-state index in [1.54, 1.807) is 0 Å². The van der Waals surface area contributed by atoms with Crippen molar-refractivity contribution >= 4 is 11.6 Å². The standard InChI is InChI=1S/C17H25ClN2/c1-14(15-4-6-16(18)7-5-15)20-11-3-9-17(13-20)8-2-10-19-12-17/h4-7,14,19H,2-3,8-13H2,1H3. The van der Waals surface area contributed by atoms with Crippen molar-refractivity contribution in [2.75, 3.05) is 26.2 Å². The van der Waals surface area contributed by atoms with Gasteiger partial charge in [-0.1, -0.05) is 23.7 Å². The lowest BCUT2D eigenvalue weighted by atomic mass is 9.74. The lowest BCUT2D eigenvalue weighted by molar-refractivity contribution is 0.0416. The van der Waals surface area contributed by atoms with Gasteiger partial charge in [-0.15, -0.1) is 0 Å². The zero-order valence-electron chi connectivity index (χ0n) is 12.4. The molecule has 2 saturated heterocycles. The van der Waals surface area contributed by atoms with E-state index in [-0.39, 0.29) is 0 Å². The van der Waals surface area contributed by atoms with E-state index in [9.17, 15) is 0 Å². The Balaban J connectivity index is 1.71. The van der Waals surface area contributed by atoms with Crippen LogP contribution in [0.4, 0.5) is 0 Å². The second kappa shape index (κ2) is 6.05. The first-order valence-electron chi connectivity index (χ1n) is 7.89. The van der Waals surface area contributed by atoms with Gasteiger partial charge in [0.25, 0.3) is 0 Å². The van der Waals surface area contributed by atoms with E-state index in [1.165, 1.54) is 57.4 Å². The smallest absolute Gasteiger partial charge is 0.0406 e. The minimum absolute atomic E-state index is 0.492. The first-order chi connectivity index (χ1) is 9.69. The van der Waals surface area contributed by atoms with Gasteiger partial charge in [0.1, 0.15) is 0 Å². The van der Waals surface area contributed by atoms with Crippen molar-refractivity contribution in [2.24, 2.45) is 5.41 Å². The third-order valence-corrected chi connectivity index (χ3v) is 5.40. The van der Waals surface area contributed by atoms with Crippen LogP contribution in [0.2, 0.25) is 5.02 Å². The van der Waals surface area contributed by atoms with Gasteiger partial charge in [0, 0.05) is 24.2 Å². The summed E-state index contributed by atoms with van der Waals surface area (Å²) in [6.45, 7) is 7.21. The monoisotopic (exact) mass is 292 g/mol. The molecule has 0 bridgehead atoms. The second-order valence-electron chi connectivity index (χ2n) is 6.58. The largest absolute Gasteiger partial charge is 0.316 e. The maximum absolute atomic E-state index is 6.00. The maximum atomic E-state index is 6.00. The number of benzene rings is 1. The Labute approximate surface area is 127 Å². The van der Waals surface area contributed by atoms with Crippen LogP contribution in [0.15, 0.2) is 24.3 Å². The van der Waals surface area contributed by atoms with Gasteiger partial charge >= 0.3 is 0 Å². The van der Waals surface area contributed by atoms with Crippen LogP contribution in [0.5, 0.6) is 0 Å². The number of nitrogens with one attached hydrogen (secondary N) is 1. The topological polar surface area (TPSA) is 15.3 Å². The normalized spacial score (nSPS) is 29.5. The number of halogens is 1. The Morgan fingerprint density at radius 2 is 1.95 bits per heavy atom. The van der Waals surface area contributed by atoms with Crippen LogP contribution in [0.3, 0.4) is 0 Å². The predicted octanol–water partition coefficient (Wildman–Crippen LogP) is 3.87. The summed E-state index contributed by atoms with van der Waals surface area (Å²) in [7, 11) is 0. The average Bonchev–Trinajstić information content (AvgIpc) is 2.48. The summed E-state index contributed by atoms with van der Waals surface area (Å²) in [5, 5.41) is 4.43. The lowest BCUT2D eigenvalue weighted by Crippen LogP contribution is -2.51. The molecular weight excluding hydrogens is 268 g/mol. The van der Waals surface area contributed by atoms with E-state index in [1.807, 2.05) is 12.1 Å². The molecule has 2 unspecified atom stereocenters. The van der Waals surface area contributed by atoms with Gasteiger partial charge in [-0.3, -0.25) is 4.90 Å². The molecule has 1 spiro atoms. The van der Waals surface area contributed by atoms with Gasteiger partial charge in [0.05, 0.1) is 0 Å². The molecule has 0 saturated carbocycles. The summed E-state index contributed by atoms with van der Waals surface area (Å²) in [5.74, 6) is 0. The molecule has 2 heterocycles. The molecule has 1 aromatic carbocycles. The highest BCUT2D eigenvalue weighted by Crippen LogP contribution is 2.38. The molecule has 1 N–H and O–H groups in total. The number of likely N-dealkylation sites (tertiary alicyclic amines) is 1. The van der Waals surface area contributed by atoms with Gasteiger partial charge in [-0.25, -0.2) is 0 Å². The molecule has 0 aromatic heterocycles. The minimum Gasteiger partial charge on any atom is -0.316 e. The van der Waals surface area contributed by atoms with E-state index in [0.29, 0.717) is 11.5 Å². The Morgan fingerprint density at radius 3 is 2.65 bits per heavy atom. The van der Waals surface area contributed by atoms with Crippen LogP contribution in [0, 0.1) is 5.41 Å². The van der Waals surface area contributed by atoms with Crippen LogP contribution in [-0.4, -0.2) is 31.1 Å². The zero-order valence-corrected chi connectivity index (χ0v) is 13.1. The zero-order chi connectivity index (χ0) is 14.0. The number of hydrogen-bond acceptors (Lipinski definition) is 2. The molecule has 2 nitrogen and oxygen atoms in total. The highest BCUT2D eigenvalue weighted by molar-refractivity contribution is 6.30. The molecule has 2 aliphatic heterocycles. The van der Waals surface area contributed by atoms with Gasteiger partial charge in [0.2, 0.25) is 0 Å². The molecule has 0 aliphatic carbocycles. The third kappa shape index (κ3) is 3.03. The fraction of sp³-hybridized carbons (Fsp3) is 0.647. The van der Waals surface area contributed by atoms with Crippen molar-refractivity contribution in [3.63, 3.8) is 0 Å². The summed E-state index contributed by atoms with van der Waals surface area (Å²) < 4.78 is 0. The van der Waals surface area contributed by atoms with Crippen molar-refractivity contribution in [3.8, 4) is 0 Å². The molecule has 1 aromatic rings. The summed E-state index contributed by atoms with van der Waals surface area (Å²) in [4.78, 5) is 2.67. The Bertz CT molecular complexity index is 431. The van der Waals surface area contributed by atoms with Crippen molar-refractivity contribution in [1.82, 2.24) is 10.2 Å². The Hall–Kier alpha value is -0.570. The second-order valence-corrected chi connectivity index (χ2v) is 7.02. The molecule has 2 fully saturated rings. The van der Waals surface area contributed by atoms with Gasteiger partial charge < -0.3 is 5.32 Å². The lowest BCUT2D eigenvalue weighted by Gasteiger charge is -2.47. The molecule has 2 aliphatic rings. The van der Waals surface area contributed by atoms with Crippen molar-refractivity contribution in [3.05, 3.63) is 34.9 Å². The molecular formula is C17H25ClN2. The van der Waals surface area contributed by atoms with E-state index in [2.05, 4.69) is 29.3 Å². The van der Waals surface area contributed by atoms with Gasteiger partial charge in [-0.05, 0) is 68.8 Å². The number of nitrogens with zero attached hydrogens (tertiary/aromatic N) is 1. The van der Waals surface area contributed by atoms with E-state index in [0.717, 1.165) is 5.02 Å². The summed E-state index contributed by atoms with van der Waals surface area (Å²) in [5.41, 5.74) is 1.91. The fourth-order valence-corrected chi connectivity index (χ4v) is 4.03. The maximum Gasteiger partial charge on any atom is 0.0406 e.